The second-order valence-corrected chi connectivity index (χ2v) is 6.12. The summed E-state index contributed by atoms with van der Waals surface area (Å²) in [6.07, 6.45) is 2.36. The molecule has 2 N–H and O–H groups in total. The fraction of sp³-hybridized carbons (Fsp3) is 0.438. The van der Waals surface area contributed by atoms with Crippen molar-refractivity contribution in [2.24, 2.45) is 17.8 Å². The zero-order chi connectivity index (χ0) is 14.6. The minimum Gasteiger partial charge on any atom is -0.302 e. The summed E-state index contributed by atoms with van der Waals surface area (Å²) in [6.45, 7) is 0. The highest BCUT2D eigenvalue weighted by atomic mass is 16.1. The van der Waals surface area contributed by atoms with E-state index in [-0.39, 0.29) is 41.4 Å². The minimum absolute atomic E-state index is 0.0331. The molecular formula is C16H16N2O3. The number of carbonyl (C=O) groups is 3. The van der Waals surface area contributed by atoms with E-state index in [0.717, 1.165) is 12.7 Å². The van der Waals surface area contributed by atoms with Gasteiger partial charge in [0.2, 0.25) is 0 Å². The van der Waals surface area contributed by atoms with Crippen molar-refractivity contribution in [3.05, 3.63) is 35.4 Å². The summed E-state index contributed by atoms with van der Waals surface area (Å²) in [6, 6.07) is 6.66. The number of rotatable bonds is 1. The average molecular weight is 284 g/mol. The molecular weight excluding hydrogens is 268 g/mol. The number of fused-ring (bicyclic) bond motifs is 4. The van der Waals surface area contributed by atoms with Gasteiger partial charge in [0.05, 0.1) is 6.04 Å². The number of Topliss-reactive ketones (excluding diaryl/α,β-unsaturated/α-hetero) is 2. The van der Waals surface area contributed by atoms with Crippen LogP contribution < -0.4 is 10.9 Å². The van der Waals surface area contributed by atoms with Crippen molar-refractivity contribution < 1.29 is 14.4 Å². The topological polar surface area (TPSA) is 75.3 Å². The molecule has 0 aromatic heterocycles. The number of carbonyl (C=O) groups excluding carboxylic acids is 3. The molecule has 5 unspecified atom stereocenters. The first-order valence-electron chi connectivity index (χ1n) is 7.36. The van der Waals surface area contributed by atoms with Gasteiger partial charge < -0.3 is 4.79 Å². The van der Waals surface area contributed by atoms with Crippen LogP contribution in [0.5, 0.6) is 0 Å². The highest BCUT2D eigenvalue weighted by Crippen LogP contribution is 2.43. The summed E-state index contributed by atoms with van der Waals surface area (Å²) in [5.41, 5.74) is 7.13. The maximum atomic E-state index is 12.8. The molecule has 1 saturated carbocycles. The van der Waals surface area contributed by atoms with Crippen LogP contribution in [0.4, 0.5) is 0 Å². The standard InChI is InChI=1S/C16H16N2O3/c19-7-12-10-5-6-11-13(14(10)18-17-12)16(21)9-4-2-1-3-8(9)15(11)20/h1-4,7,10-14,17-18H,5-6H2. The normalized spacial score (nSPS) is 37.6. The van der Waals surface area contributed by atoms with Crippen molar-refractivity contribution >= 4 is 17.9 Å². The van der Waals surface area contributed by atoms with Gasteiger partial charge in [-0.1, -0.05) is 24.3 Å². The summed E-state index contributed by atoms with van der Waals surface area (Å²) in [4.78, 5) is 36.6. The average Bonchev–Trinajstić information content (AvgIpc) is 2.95. The van der Waals surface area contributed by atoms with Crippen LogP contribution in [0.15, 0.2) is 24.3 Å². The number of hydrazine groups is 1. The van der Waals surface area contributed by atoms with Crippen LogP contribution in [0.3, 0.4) is 0 Å². The third-order valence-corrected chi connectivity index (χ3v) is 5.21. The van der Waals surface area contributed by atoms with E-state index in [0.29, 0.717) is 17.5 Å². The van der Waals surface area contributed by atoms with E-state index >= 15 is 0 Å². The molecule has 1 saturated heterocycles. The molecule has 3 aliphatic rings. The van der Waals surface area contributed by atoms with Crippen LogP contribution >= 0.6 is 0 Å². The van der Waals surface area contributed by atoms with Gasteiger partial charge in [0.25, 0.3) is 0 Å². The van der Waals surface area contributed by atoms with E-state index in [1.54, 1.807) is 24.3 Å². The van der Waals surface area contributed by atoms with Gasteiger partial charge in [-0.3, -0.25) is 15.0 Å². The van der Waals surface area contributed by atoms with Crippen molar-refractivity contribution in [1.82, 2.24) is 10.9 Å². The summed E-state index contributed by atoms with van der Waals surface area (Å²) in [7, 11) is 0. The predicted molar refractivity (Wildman–Crippen MR) is 74.7 cm³/mol. The summed E-state index contributed by atoms with van der Waals surface area (Å²) < 4.78 is 0. The molecule has 108 valence electrons. The molecule has 5 nitrogen and oxygen atoms in total. The zero-order valence-corrected chi connectivity index (χ0v) is 11.4. The molecule has 1 aromatic rings. The lowest BCUT2D eigenvalue weighted by molar-refractivity contribution is -0.110. The Morgan fingerprint density at radius 3 is 2.43 bits per heavy atom. The minimum atomic E-state index is -0.358. The molecule has 5 atom stereocenters. The third kappa shape index (κ3) is 1.68. The Balaban J connectivity index is 1.78. The lowest BCUT2D eigenvalue weighted by Gasteiger charge is -2.41. The van der Waals surface area contributed by atoms with Gasteiger partial charge in [0.15, 0.2) is 11.6 Å². The number of ketones is 2. The predicted octanol–water partition coefficient (Wildman–Crippen LogP) is 0.752. The number of nitrogens with one attached hydrogen (secondary N) is 2. The van der Waals surface area contributed by atoms with E-state index in [9.17, 15) is 14.4 Å². The Morgan fingerprint density at radius 1 is 1.00 bits per heavy atom. The fourth-order valence-electron chi connectivity index (χ4n) is 4.21. The second-order valence-electron chi connectivity index (χ2n) is 6.12. The molecule has 5 heteroatoms. The van der Waals surface area contributed by atoms with Gasteiger partial charge in [0.1, 0.15) is 6.29 Å². The first-order valence-corrected chi connectivity index (χ1v) is 7.36. The SMILES string of the molecule is O=CC1NNC2C1CCC1C(=O)c3ccccc3C(=O)C12. The van der Waals surface area contributed by atoms with Crippen LogP contribution in [0, 0.1) is 17.8 Å². The van der Waals surface area contributed by atoms with Gasteiger partial charge in [-0.15, -0.1) is 0 Å². The van der Waals surface area contributed by atoms with Gasteiger partial charge in [0, 0.05) is 29.0 Å². The molecule has 2 aliphatic carbocycles. The van der Waals surface area contributed by atoms with Crippen LogP contribution in [-0.2, 0) is 4.79 Å². The van der Waals surface area contributed by atoms with Gasteiger partial charge >= 0.3 is 0 Å². The quantitative estimate of drug-likeness (QED) is 0.744. The number of aldehydes is 1. The Kier molecular flexibility index (Phi) is 2.80. The Labute approximate surface area is 122 Å². The van der Waals surface area contributed by atoms with E-state index in [2.05, 4.69) is 10.9 Å². The van der Waals surface area contributed by atoms with Gasteiger partial charge in [-0.2, -0.15) is 0 Å². The molecule has 0 amide bonds. The Morgan fingerprint density at radius 2 is 1.71 bits per heavy atom. The van der Waals surface area contributed by atoms with Crippen molar-refractivity contribution in [2.45, 2.75) is 24.9 Å². The van der Waals surface area contributed by atoms with Crippen LogP contribution in [0.1, 0.15) is 33.6 Å². The number of benzene rings is 1. The second kappa shape index (κ2) is 4.58. The summed E-state index contributed by atoms with van der Waals surface area (Å²) in [5, 5.41) is 0. The third-order valence-electron chi connectivity index (χ3n) is 5.21. The lowest BCUT2D eigenvalue weighted by atomic mass is 9.62. The van der Waals surface area contributed by atoms with Gasteiger partial charge in [-0.05, 0) is 18.8 Å². The van der Waals surface area contributed by atoms with Crippen molar-refractivity contribution in [3.63, 3.8) is 0 Å². The zero-order valence-electron chi connectivity index (χ0n) is 11.4. The van der Waals surface area contributed by atoms with Crippen LogP contribution in [0.2, 0.25) is 0 Å². The van der Waals surface area contributed by atoms with Crippen molar-refractivity contribution in [1.29, 1.82) is 0 Å². The molecule has 0 radical (unpaired) electrons. The maximum Gasteiger partial charge on any atom is 0.169 e. The first kappa shape index (κ1) is 12.9. The highest BCUT2D eigenvalue weighted by molar-refractivity contribution is 6.16. The van der Waals surface area contributed by atoms with E-state index < -0.39 is 0 Å². The molecule has 1 aliphatic heterocycles. The summed E-state index contributed by atoms with van der Waals surface area (Å²) in [5.74, 6) is -0.418. The molecule has 21 heavy (non-hydrogen) atoms. The molecule has 1 heterocycles. The van der Waals surface area contributed by atoms with Crippen molar-refractivity contribution in [2.75, 3.05) is 0 Å². The molecule has 1 aromatic carbocycles. The largest absolute Gasteiger partial charge is 0.302 e. The van der Waals surface area contributed by atoms with E-state index in [1.165, 1.54) is 0 Å². The summed E-state index contributed by atoms with van der Waals surface area (Å²) >= 11 is 0. The Hall–Kier alpha value is -1.85. The van der Waals surface area contributed by atoms with E-state index in [1.807, 2.05) is 0 Å². The van der Waals surface area contributed by atoms with Crippen LogP contribution in [-0.4, -0.2) is 29.9 Å². The monoisotopic (exact) mass is 284 g/mol. The molecule has 4 rings (SSSR count). The number of hydrogen-bond donors (Lipinski definition) is 2. The molecule has 0 spiro atoms. The first-order chi connectivity index (χ1) is 10.2. The van der Waals surface area contributed by atoms with Crippen LogP contribution in [0.25, 0.3) is 0 Å². The molecule has 0 bridgehead atoms. The molecule has 2 fully saturated rings. The Bertz CT molecular complexity index is 642. The van der Waals surface area contributed by atoms with E-state index in [4.69, 9.17) is 0 Å². The maximum absolute atomic E-state index is 12.8. The smallest absolute Gasteiger partial charge is 0.169 e. The fourth-order valence-corrected chi connectivity index (χ4v) is 4.21. The number of hydrogen-bond acceptors (Lipinski definition) is 5. The van der Waals surface area contributed by atoms with Crippen molar-refractivity contribution in [3.8, 4) is 0 Å². The van der Waals surface area contributed by atoms with Gasteiger partial charge in [-0.25, -0.2) is 5.43 Å². The highest BCUT2D eigenvalue weighted by Gasteiger charge is 2.53. The lowest BCUT2D eigenvalue weighted by Crippen LogP contribution is -2.52.